The lowest BCUT2D eigenvalue weighted by Crippen LogP contribution is -2.19. The van der Waals surface area contributed by atoms with Crippen LogP contribution in [0.1, 0.15) is 53.4 Å². The average Bonchev–Trinajstić information content (AvgIpc) is 2.38. The summed E-state index contributed by atoms with van der Waals surface area (Å²) in [5, 5.41) is 25.9. The van der Waals surface area contributed by atoms with Crippen LogP contribution in [0, 0.1) is 5.92 Å². The molecular formula is C14H32O4. The van der Waals surface area contributed by atoms with Crippen LogP contribution >= 0.6 is 0 Å². The summed E-state index contributed by atoms with van der Waals surface area (Å²) in [7, 11) is 0. The SMILES string of the molecule is CC(O)COC(C)CO.CCCCC(CC)CO. The maximum absolute atomic E-state index is 8.75. The molecule has 0 saturated heterocycles. The molecule has 3 N–H and O–H groups in total. The van der Waals surface area contributed by atoms with Crippen LogP contribution in [0.3, 0.4) is 0 Å². The van der Waals surface area contributed by atoms with Gasteiger partial charge in [-0.15, -0.1) is 0 Å². The molecule has 4 nitrogen and oxygen atoms in total. The molecule has 0 aromatic rings. The molecule has 112 valence electrons. The Kier molecular flexibility index (Phi) is 16.7. The largest absolute Gasteiger partial charge is 0.396 e. The molecule has 0 rings (SSSR count). The van der Waals surface area contributed by atoms with Gasteiger partial charge in [0.15, 0.2) is 0 Å². The van der Waals surface area contributed by atoms with Crippen LogP contribution < -0.4 is 0 Å². The standard InChI is InChI=1S/C8H18O.C6H14O3/c1-3-5-6-8(4-2)7-9;1-5(8)4-9-6(2)3-7/h8-9H,3-7H2,1-2H3;5-8H,3-4H2,1-2H3. The van der Waals surface area contributed by atoms with Gasteiger partial charge in [0, 0.05) is 6.61 Å². The number of aliphatic hydroxyl groups excluding tert-OH is 3. The van der Waals surface area contributed by atoms with Crippen LogP contribution in [-0.4, -0.2) is 47.3 Å². The fourth-order valence-corrected chi connectivity index (χ4v) is 1.27. The fourth-order valence-electron chi connectivity index (χ4n) is 1.27. The van der Waals surface area contributed by atoms with Gasteiger partial charge in [-0.3, -0.25) is 0 Å². The van der Waals surface area contributed by atoms with Crippen LogP contribution in [0.2, 0.25) is 0 Å². The van der Waals surface area contributed by atoms with Crippen molar-refractivity contribution in [2.24, 2.45) is 5.92 Å². The quantitative estimate of drug-likeness (QED) is 0.595. The molecule has 0 bridgehead atoms. The number of ether oxygens (including phenoxy) is 1. The molecule has 0 saturated carbocycles. The molecule has 4 heteroatoms. The molecule has 0 aliphatic heterocycles. The molecule has 0 radical (unpaired) electrons. The third-order valence-corrected chi connectivity index (χ3v) is 2.68. The molecule has 0 aliphatic carbocycles. The van der Waals surface area contributed by atoms with E-state index in [1.165, 1.54) is 19.3 Å². The summed E-state index contributed by atoms with van der Waals surface area (Å²) >= 11 is 0. The van der Waals surface area contributed by atoms with E-state index in [-0.39, 0.29) is 12.7 Å². The van der Waals surface area contributed by atoms with Crippen molar-refractivity contribution < 1.29 is 20.1 Å². The van der Waals surface area contributed by atoms with Crippen molar-refractivity contribution in [3.05, 3.63) is 0 Å². The summed E-state index contributed by atoms with van der Waals surface area (Å²) in [6.45, 7) is 8.39. The van der Waals surface area contributed by atoms with Crippen molar-refractivity contribution >= 4 is 0 Å². The predicted octanol–water partition coefficient (Wildman–Crippen LogP) is 1.96. The third kappa shape index (κ3) is 15.8. The van der Waals surface area contributed by atoms with Gasteiger partial charge in [0.25, 0.3) is 0 Å². The molecular weight excluding hydrogens is 232 g/mol. The van der Waals surface area contributed by atoms with Crippen molar-refractivity contribution in [1.82, 2.24) is 0 Å². The maximum Gasteiger partial charge on any atom is 0.0779 e. The zero-order valence-corrected chi connectivity index (χ0v) is 12.4. The first-order valence-corrected chi connectivity index (χ1v) is 7.03. The summed E-state index contributed by atoms with van der Waals surface area (Å²) < 4.78 is 4.95. The van der Waals surface area contributed by atoms with Gasteiger partial charge in [-0.25, -0.2) is 0 Å². The van der Waals surface area contributed by atoms with E-state index in [4.69, 9.17) is 20.1 Å². The van der Waals surface area contributed by atoms with Gasteiger partial charge >= 0.3 is 0 Å². The molecule has 3 unspecified atom stereocenters. The number of aliphatic hydroxyl groups is 3. The summed E-state index contributed by atoms with van der Waals surface area (Å²) in [5.74, 6) is 0.560. The Balaban J connectivity index is 0. The minimum Gasteiger partial charge on any atom is -0.396 e. The summed E-state index contributed by atoms with van der Waals surface area (Å²) in [4.78, 5) is 0. The van der Waals surface area contributed by atoms with Gasteiger partial charge in [0.05, 0.1) is 25.4 Å². The monoisotopic (exact) mass is 264 g/mol. The number of unbranched alkanes of at least 4 members (excludes halogenated alkanes) is 1. The molecule has 3 atom stereocenters. The van der Waals surface area contributed by atoms with E-state index in [2.05, 4.69) is 13.8 Å². The molecule has 0 aliphatic rings. The van der Waals surface area contributed by atoms with E-state index in [1.807, 2.05) is 0 Å². The first kappa shape index (κ1) is 20.2. The highest BCUT2D eigenvalue weighted by Crippen LogP contribution is 2.10. The molecule has 0 fully saturated rings. The van der Waals surface area contributed by atoms with E-state index in [0.717, 1.165) is 6.42 Å². The van der Waals surface area contributed by atoms with Crippen LogP contribution in [0.15, 0.2) is 0 Å². The Morgan fingerprint density at radius 3 is 2.00 bits per heavy atom. The highest BCUT2D eigenvalue weighted by molar-refractivity contribution is 4.53. The minimum atomic E-state index is -0.445. The highest BCUT2D eigenvalue weighted by Gasteiger charge is 2.01. The average molecular weight is 264 g/mol. The Morgan fingerprint density at radius 1 is 1.06 bits per heavy atom. The normalized spacial score (nSPS) is 15.5. The van der Waals surface area contributed by atoms with E-state index in [0.29, 0.717) is 19.1 Å². The van der Waals surface area contributed by atoms with Crippen molar-refractivity contribution in [1.29, 1.82) is 0 Å². The topological polar surface area (TPSA) is 69.9 Å². The Labute approximate surface area is 112 Å². The van der Waals surface area contributed by atoms with Crippen molar-refractivity contribution in [3.63, 3.8) is 0 Å². The van der Waals surface area contributed by atoms with Gasteiger partial charge in [-0.1, -0.05) is 33.1 Å². The van der Waals surface area contributed by atoms with Gasteiger partial charge < -0.3 is 20.1 Å². The zero-order chi connectivity index (χ0) is 14.4. The minimum absolute atomic E-state index is 0.00667. The first-order valence-electron chi connectivity index (χ1n) is 7.03. The number of rotatable bonds is 9. The van der Waals surface area contributed by atoms with Gasteiger partial charge in [-0.2, -0.15) is 0 Å². The van der Waals surface area contributed by atoms with Crippen LogP contribution in [0.4, 0.5) is 0 Å². The Bertz CT molecular complexity index is 147. The first-order chi connectivity index (χ1) is 8.51. The summed E-state index contributed by atoms with van der Waals surface area (Å²) in [5.41, 5.74) is 0. The van der Waals surface area contributed by atoms with Crippen molar-refractivity contribution in [2.75, 3.05) is 19.8 Å². The molecule has 0 spiro atoms. The Morgan fingerprint density at radius 2 is 1.67 bits per heavy atom. The molecule has 0 aromatic carbocycles. The van der Waals surface area contributed by atoms with E-state index in [9.17, 15) is 0 Å². The predicted molar refractivity (Wildman–Crippen MR) is 74.6 cm³/mol. The highest BCUT2D eigenvalue weighted by atomic mass is 16.5. The molecule has 0 heterocycles. The third-order valence-electron chi connectivity index (χ3n) is 2.68. The van der Waals surface area contributed by atoms with E-state index >= 15 is 0 Å². The number of hydrogen-bond acceptors (Lipinski definition) is 4. The second-order valence-corrected chi connectivity index (χ2v) is 4.77. The zero-order valence-electron chi connectivity index (χ0n) is 12.4. The van der Waals surface area contributed by atoms with Crippen molar-refractivity contribution in [2.45, 2.75) is 65.6 Å². The van der Waals surface area contributed by atoms with E-state index in [1.54, 1.807) is 13.8 Å². The van der Waals surface area contributed by atoms with Crippen LogP contribution in [-0.2, 0) is 4.74 Å². The summed E-state index contributed by atoms with van der Waals surface area (Å²) in [6, 6.07) is 0. The molecule has 0 aromatic heterocycles. The lowest BCUT2D eigenvalue weighted by atomic mass is 10.0. The van der Waals surface area contributed by atoms with Gasteiger partial charge in [0.1, 0.15) is 0 Å². The molecule has 0 amide bonds. The van der Waals surface area contributed by atoms with Crippen LogP contribution in [0.25, 0.3) is 0 Å². The van der Waals surface area contributed by atoms with E-state index < -0.39 is 6.10 Å². The number of hydrogen-bond donors (Lipinski definition) is 3. The van der Waals surface area contributed by atoms with Gasteiger partial charge in [0.2, 0.25) is 0 Å². The Hall–Kier alpha value is -0.160. The van der Waals surface area contributed by atoms with Gasteiger partial charge in [-0.05, 0) is 26.2 Å². The fraction of sp³-hybridized carbons (Fsp3) is 1.00. The lowest BCUT2D eigenvalue weighted by Gasteiger charge is -2.10. The smallest absolute Gasteiger partial charge is 0.0779 e. The second kappa shape index (κ2) is 14.9. The molecule has 18 heavy (non-hydrogen) atoms. The van der Waals surface area contributed by atoms with Crippen molar-refractivity contribution in [3.8, 4) is 0 Å². The lowest BCUT2D eigenvalue weighted by molar-refractivity contribution is -0.0177. The second-order valence-electron chi connectivity index (χ2n) is 4.77. The maximum atomic E-state index is 8.75. The summed E-state index contributed by atoms with van der Waals surface area (Å²) in [6.07, 6.45) is 4.22. The van der Waals surface area contributed by atoms with Crippen LogP contribution in [0.5, 0.6) is 0 Å².